The van der Waals surface area contributed by atoms with Gasteiger partial charge in [-0.25, -0.2) is 0 Å². The van der Waals surface area contributed by atoms with Crippen LogP contribution >= 0.6 is 8.25 Å². The normalized spacial score (nSPS) is 8.25. The zero-order chi connectivity index (χ0) is 9.56. The second-order valence-electron chi connectivity index (χ2n) is 1.75. The molecule has 0 aliphatic heterocycles. The Hall–Kier alpha value is -0.355. The van der Waals surface area contributed by atoms with Gasteiger partial charge in [0.05, 0.1) is 4.92 Å². The van der Waals surface area contributed by atoms with Crippen LogP contribution in [-0.4, -0.2) is 10.0 Å². The van der Waals surface area contributed by atoms with Crippen LogP contribution in [0.1, 0.15) is 0 Å². The Morgan fingerprint density at radius 3 is 2.25 bits per heavy atom. The molecule has 0 heterocycles. The first-order valence-corrected chi connectivity index (χ1v) is 9.68. The monoisotopic (exact) mass is 178 g/mol. The Labute approximate surface area is 88.7 Å². The van der Waals surface area contributed by atoms with Gasteiger partial charge in [-0.2, -0.15) is 0 Å². The fourth-order valence-corrected chi connectivity index (χ4v) is 0.619. The second kappa shape index (κ2) is 6.19. The number of aromatic hydroxyl groups is 1. The van der Waals surface area contributed by atoms with E-state index in [1.807, 2.05) is 0 Å². The van der Waals surface area contributed by atoms with E-state index >= 15 is 0 Å². The van der Waals surface area contributed by atoms with Crippen molar-refractivity contribution < 1.29 is 34.9 Å². The molecule has 0 bridgehead atoms. The molecule has 1 aromatic carbocycles. The van der Waals surface area contributed by atoms with E-state index in [1.54, 1.807) is 0 Å². The van der Waals surface area contributed by atoms with E-state index < -0.39 is 4.92 Å². The van der Waals surface area contributed by atoms with Crippen molar-refractivity contribution in [2.45, 2.75) is 0 Å². The Kier molecular flexibility index (Phi) is 6.01. The predicted molar refractivity (Wildman–Crippen MR) is 40.6 cm³/mol. The van der Waals surface area contributed by atoms with Gasteiger partial charge in [0, 0.05) is 6.07 Å². The van der Waals surface area contributed by atoms with Crippen LogP contribution in [0.4, 0.5) is 5.69 Å². The van der Waals surface area contributed by atoms with Gasteiger partial charge in [0.15, 0.2) is 5.75 Å². The molecular weight excluding hydrogens is 174 g/mol. The molecule has 0 amide bonds. The van der Waals surface area contributed by atoms with Crippen molar-refractivity contribution in [3.8, 4) is 5.75 Å². The molecule has 4 nitrogen and oxygen atoms in total. The summed E-state index contributed by atoms with van der Waals surface area (Å²) in [6.45, 7) is 0. The topological polar surface area (TPSA) is 63.4 Å². The van der Waals surface area contributed by atoms with Gasteiger partial charge in [-0.3, -0.25) is 10.1 Å². The molecule has 1 aromatic rings. The van der Waals surface area contributed by atoms with Gasteiger partial charge in [-0.1, -0.05) is 12.1 Å². The Balaban J connectivity index is 0.000000561. The summed E-state index contributed by atoms with van der Waals surface area (Å²) in [5, 5.41) is 18.9. The quantitative estimate of drug-likeness (QED) is 0.406. The van der Waals surface area contributed by atoms with Gasteiger partial charge in [0.1, 0.15) is 0 Å². The number of nitro groups is 1. The van der Waals surface area contributed by atoms with E-state index in [9.17, 15) is 10.1 Å². The Bertz CT molecular complexity index is 269. The zero-order valence-corrected chi connectivity index (χ0v) is 12.4. The molecule has 1 rings (SSSR count). The fraction of sp³-hybridized carbons (Fsp3) is 0. The maximum absolute atomic E-state index is 10.1. The average Bonchev–Trinajstić information content (AvgIpc) is 2.08. The number of halogens is 1. The summed E-state index contributed by atoms with van der Waals surface area (Å²) in [7, 11) is 4.83. The number of rotatable bonds is 1. The molecule has 0 aromatic heterocycles. The summed E-state index contributed by atoms with van der Waals surface area (Å²) < 4.78 is 0. The Morgan fingerprint density at radius 2 is 1.92 bits per heavy atom. The van der Waals surface area contributed by atoms with E-state index in [2.05, 4.69) is 0 Å². The third kappa shape index (κ3) is 3.36. The minimum atomic E-state index is -0.630. The van der Waals surface area contributed by atoms with Crippen molar-refractivity contribution in [3.63, 3.8) is 0 Å². The van der Waals surface area contributed by atoms with E-state index in [-0.39, 0.29) is 11.4 Å². The van der Waals surface area contributed by atoms with Crippen LogP contribution in [0.25, 0.3) is 0 Å². The van der Waals surface area contributed by atoms with E-state index in [1.165, 1.54) is 24.3 Å². The molecule has 0 atom stereocenters. The molecule has 0 fully saturated rings. The number of nitro benzene ring substituents is 1. The van der Waals surface area contributed by atoms with Gasteiger partial charge in [-0.15, -0.1) is 0 Å². The zero-order valence-electron chi connectivity index (χ0n) is 6.11. The maximum atomic E-state index is 10.1. The SMILES string of the molecule is O=[N+]([O-])c1ccccc1O.[Cl][4Hg]. The van der Waals surface area contributed by atoms with Gasteiger partial charge in [0.25, 0.3) is 0 Å². The molecule has 0 unspecified atom stereocenters. The molecule has 61 valence electrons. The molecule has 12 heavy (non-hydrogen) atoms. The van der Waals surface area contributed by atoms with Crippen molar-refractivity contribution in [1.82, 2.24) is 0 Å². The van der Waals surface area contributed by atoms with Crippen LogP contribution in [0.5, 0.6) is 5.75 Å². The molecule has 1 N–H and O–H groups in total. The van der Waals surface area contributed by atoms with Crippen molar-refractivity contribution in [2.75, 3.05) is 0 Å². The summed E-state index contributed by atoms with van der Waals surface area (Å²) in [4.78, 5) is 9.44. The third-order valence-electron chi connectivity index (χ3n) is 1.08. The molecule has 0 aliphatic carbocycles. The van der Waals surface area contributed by atoms with Gasteiger partial charge < -0.3 is 5.11 Å². The molecule has 0 saturated heterocycles. The van der Waals surface area contributed by atoms with E-state index in [4.69, 9.17) is 13.4 Å². The van der Waals surface area contributed by atoms with Gasteiger partial charge in [-0.05, 0) is 6.07 Å². The summed E-state index contributed by atoms with van der Waals surface area (Å²) >= 11 is 0.500. The minimum absolute atomic E-state index is 0.262. The van der Waals surface area contributed by atoms with Crippen LogP contribution in [0.15, 0.2) is 24.3 Å². The standard InChI is InChI=1S/C6H5NO3.ClH.Hg/c8-6-4-2-1-3-5(6)7(9)10;;/h1-4,8H;1H;/q;;+1/p-1/i;;1-125. The number of benzene rings is 1. The number of phenols is 1. The molecular formula is C6H5ClHgNO3. The first-order valence-electron chi connectivity index (χ1n) is 2.91. The van der Waals surface area contributed by atoms with Crippen LogP contribution in [0.2, 0.25) is 0 Å². The van der Waals surface area contributed by atoms with Crippen molar-refractivity contribution >= 4 is 13.9 Å². The van der Waals surface area contributed by atoms with Crippen molar-refractivity contribution in [3.05, 3.63) is 34.4 Å². The van der Waals surface area contributed by atoms with Crippen molar-refractivity contribution in [1.29, 1.82) is 0 Å². The fourth-order valence-electron chi connectivity index (χ4n) is 0.619. The van der Waals surface area contributed by atoms with Gasteiger partial charge in [0.2, 0.25) is 0 Å². The van der Waals surface area contributed by atoms with Crippen LogP contribution < -0.4 is 0 Å². The first kappa shape index (κ1) is 11.6. The van der Waals surface area contributed by atoms with E-state index in [0.717, 1.165) is 0 Å². The number of nitrogens with zero attached hydrogens (tertiary/aromatic N) is 1. The number of hydrogen-bond acceptors (Lipinski definition) is 3. The molecule has 0 radical (unpaired) electrons. The average molecular weight is 179 g/mol. The predicted octanol–water partition coefficient (Wildman–Crippen LogP) is 1.99. The summed E-state index contributed by atoms with van der Waals surface area (Å²) in [6, 6.07) is 5.55. The summed E-state index contributed by atoms with van der Waals surface area (Å²) in [6.07, 6.45) is 0. The van der Waals surface area contributed by atoms with Crippen LogP contribution in [0.3, 0.4) is 0 Å². The molecule has 0 aliphatic rings. The number of para-hydroxylation sites is 2. The van der Waals surface area contributed by atoms with E-state index in [0.29, 0.717) is 24.9 Å². The number of hydrogen-bond donors (Lipinski definition) is 1. The van der Waals surface area contributed by atoms with Crippen LogP contribution in [0, 0.1) is 10.1 Å². The van der Waals surface area contributed by atoms with Gasteiger partial charge >= 0.3 is 38.8 Å². The van der Waals surface area contributed by atoms with Crippen molar-refractivity contribution in [2.24, 2.45) is 0 Å². The summed E-state index contributed by atoms with van der Waals surface area (Å²) in [5.41, 5.74) is -0.262. The summed E-state index contributed by atoms with van der Waals surface area (Å²) in [5.74, 6) is -0.299. The van der Waals surface area contributed by atoms with Crippen LogP contribution in [-0.2, 0) is 24.9 Å². The Morgan fingerprint density at radius 1 is 1.42 bits per heavy atom. The molecule has 0 spiro atoms. The molecule has 6 heteroatoms. The third-order valence-corrected chi connectivity index (χ3v) is 1.08. The first-order chi connectivity index (χ1) is 5.72. The second-order valence-corrected chi connectivity index (χ2v) is 1.75. The molecule has 0 saturated carbocycles. The number of phenolic OH excluding ortho intramolecular Hbond substituents is 1.